The second-order valence-corrected chi connectivity index (χ2v) is 5.45. The summed E-state index contributed by atoms with van der Waals surface area (Å²) in [5.74, 6) is -1.15. The number of aliphatic carboxylic acids is 1. The number of rotatable bonds is 7. The lowest BCUT2D eigenvalue weighted by Crippen LogP contribution is -2.53. The Morgan fingerprint density at radius 2 is 2.05 bits per heavy atom. The summed E-state index contributed by atoms with van der Waals surface area (Å²) in [6, 6.07) is -1.61. The van der Waals surface area contributed by atoms with Crippen molar-refractivity contribution in [1.29, 1.82) is 0 Å². The molecule has 0 aromatic carbocycles. The van der Waals surface area contributed by atoms with Gasteiger partial charge in [-0.1, -0.05) is 13.8 Å². The molecule has 1 aliphatic heterocycles. The molecule has 0 aliphatic carbocycles. The summed E-state index contributed by atoms with van der Waals surface area (Å²) >= 11 is 0. The smallest absolute Gasteiger partial charge is 0.326 e. The molecule has 0 aromatic heterocycles. The predicted molar refractivity (Wildman–Crippen MR) is 77.1 cm³/mol. The zero-order chi connectivity index (χ0) is 15.9. The number of nitrogens with one attached hydrogen (secondary N) is 2. The van der Waals surface area contributed by atoms with E-state index in [1.54, 1.807) is 0 Å². The van der Waals surface area contributed by atoms with Gasteiger partial charge >= 0.3 is 12.0 Å². The Hall–Kier alpha value is -1.34. The van der Waals surface area contributed by atoms with E-state index in [4.69, 9.17) is 14.9 Å². The van der Waals surface area contributed by atoms with Crippen molar-refractivity contribution < 1.29 is 24.5 Å². The van der Waals surface area contributed by atoms with E-state index in [0.29, 0.717) is 13.0 Å². The number of aliphatic hydroxyl groups excluding tert-OH is 1. The van der Waals surface area contributed by atoms with E-state index in [2.05, 4.69) is 24.5 Å². The number of urea groups is 1. The average Bonchev–Trinajstić information content (AvgIpc) is 2.46. The number of carbonyl (C=O) groups is 2. The van der Waals surface area contributed by atoms with Gasteiger partial charge in [0.15, 0.2) is 0 Å². The topological polar surface area (TPSA) is 108 Å². The van der Waals surface area contributed by atoms with Crippen LogP contribution in [0, 0.1) is 0 Å². The van der Waals surface area contributed by atoms with Crippen molar-refractivity contribution in [3.8, 4) is 0 Å². The van der Waals surface area contributed by atoms with Crippen molar-refractivity contribution in [3.05, 3.63) is 0 Å². The Kier molecular flexibility index (Phi) is 6.91. The maximum absolute atomic E-state index is 11.9. The van der Waals surface area contributed by atoms with E-state index in [1.165, 1.54) is 0 Å². The minimum absolute atomic E-state index is 0.00954. The number of hydrogen-bond acceptors (Lipinski definition) is 4. The van der Waals surface area contributed by atoms with Gasteiger partial charge in [0.2, 0.25) is 0 Å². The quantitative estimate of drug-likeness (QED) is 0.558. The fraction of sp³-hybridized carbons (Fsp3) is 0.857. The maximum atomic E-state index is 11.9. The van der Waals surface area contributed by atoms with Gasteiger partial charge in [0.1, 0.15) is 6.04 Å². The number of carboxylic acids is 1. The number of amides is 2. The zero-order valence-electron chi connectivity index (χ0n) is 12.7. The van der Waals surface area contributed by atoms with Gasteiger partial charge in [0.05, 0.1) is 5.60 Å². The summed E-state index contributed by atoms with van der Waals surface area (Å²) in [5.41, 5.74) is -0.201. The monoisotopic (exact) mass is 302 g/mol. The van der Waals surface area contributed by atoms with E-state index < -0.39 is 18.0 Å². The van der Waals surface area contributed by atoms with Gasteiger partial charge < -0.3 is 25.6 Å². The lowest BCUT2D eigenvalue weighted by atomic mass is 9.86. The highest BCUT2D eigenvalue weighted by molar-refractivity contribution is 5.82. The lowest BCUT2D eigenvalue weighted by Gasteiger charge is -2.40. The van der Waals surface area contributed by atoms with Gasteiger partial charge in [-0.15, -0.1) is 0 Å². The summed E-state index contributed by atoms with van der Waals surface area (Å²) in [7, 11) is 0. The molecule has 0 radical (unpaired) electrons. The number of ether oxygens (including phenoxy) is 1. The number of carbonyl (C=O) groups excluding carboxylic acids is 1. The highest BCUT2D eigenvalue weighted by atomic mass is 16.5. The van der Waals surface area contributed by atoms with Gasteiger partial charge in [-0.2, -0.15) is 0 Å². The first-order valence-corrected chi connectivity index (χ1v) is 7.51. The molecule has 2 unspecified atom stereocenters. The third-order valence-electron chi connectivity index (χ3n) is 4.14. The largest absolute Gasteiger partial charge is 0.480 e. The molecule has 0 saturated carbocycles. The van der Waals surface area contributed by atoms with E-state index in [1.807, 2.05) is 0 Å². The summed E-state index contributed by atoms with van der Waals surface area (Å²) in [5, 5.41) is 22.9. The fourth-order valence-corrected chi connectivity index (χ4v) is 2.67. The van der Waals surface area contributed by atoms with E-state index in [0.717, 1.165) is 19.3 Å². The molecule has 0 spiro atoms. The third-order valence-corrected chi connectivity index (χ3v) is 4.14. The molecule has 1 fully saturated rings. The standard InChI is InChI=1S/C14H26N2O5/c1-3-14(4-2)9-10(6-8-21-14)15-13(20)16-11(5-7-17)12(18)19/h10-11,17H,3-9H2,1-2H3,(H,18,19)(H2,15,16,20). The summed E-state index contributed by atoms with van der Waals surface area (Å²) in [6.45, 7) is 4.43. The van der Waals surface area contributed by atoms with E-state index in [-0.39, 0.29) is 24.7 Å². The number of carboxylic acid groups (broad SMARTS) is 1. The molecule has 21 heavy (non-hydrogen) atoms. The Morgan fingerprint density at radius 1 is 1.38 bits per heavy atom. The van der Waals surface area contributed by atoms with Crippen LogP contribution < -0.4 is 10.6 Å². The van der Waals surface area contributed by atoms with Crippen molar-refractivity contribution in [1.82, 2.24) is 10.6 Å². The zero-order valence-corrected chi connectivity index (χ0v) is 12.7. The molecule has 1 rings (SSSR count). The third kappa shape index (κ3) is 5.17. The molecule has 1 heterocycles. The Labute approximate surface area is 125 Å². The molecule has 7 nitrogen and oxygen atoms in total. The molecule has 7 heteroatoms. The Balaban J connectivity index is 2.52. The lowest BCUT2D eigenvalue weighted by molar-refractivity contribution is -0.139. The van der Waals surface area contributed by atoms with Gasteiger partial charge in [-0.05, 0) is 25.7 Å². The van der Waals surface area contributed by atoms with Gasteiger partial charge in [0, 0.05) is 25.7 Å². The normalized spacial score (nSPS) is 22.3. The summed E-state index contributed by atoms with van der Waals surface area (Å²) < 4.78 is 5.83. The average molecular weight is 302 g/mol. The Morgan fingerprint density at radius 3 is 2.57 bits per heavy atom. The maximum Gasteiger partial charge on any atom is 0.326 e. The van der Waals surface area contributed by atoms with Gasteiger partial charge in [0.25, 0.3) is 0 Å². The van der Waals surface area contributed by atoms with Crippen LogP contribution in [0.5, 0.6) is 0 Å². The minimum Gasteiger partial charge on any atom is -0.480 e. The summed E-state index contributed by atoms with van der Waals surface area (Å²) in [6.07, 6.45) is 3.19. The first-order chi connectivity index (χ1) is 9.96. The van der Waals surface area contributed by atoms with Crippen LogP contribution in [0.15, 0.2) is 0 Å². The molecule has 1 aliphatic rings. The number of hydrogen-bond donors (Lipinski definition) is 4. The molecule has 122 valence electrons. The highest BCUT2D eigenvalue weighted by Crippen LogP contribution is 2.31. The van der Waals surface area contributed by atoms with E-state index >= 15 is 0 Å². The van der Waals surface area contributed by atoms with Crippen molar-refractivity contribution >= 4 is 12.0 Å². The van der Waals surface area contributed by atoms with Crippen molar-refractivity contribution in [2.45, 2.75) is 63.6 Å². The van der Waals surface area contributed by atoms with Crippen LogP contribution in [-0.2, 0) is 9.53 Å². The number of aliphatic hydroxyl groups is 1. The second kappa shape index (κ2) is 8.19. The Bertz CT molecular complexity index is 357. The molecular weight excluding hydrogens is 276 g/mol. The van der Waals surface area contributed by atoms with Crippen LogP contribution in [0.1, 0.15) is 46.0 Å². The van der Waals surface area contributed by atoms with Crippen LogP contribution >= 0.6 is 0 Å². The molecule has 2 atom stereocenters. The minimum atomic E-state index is -1.15. The van der Waals surface area contributed by atoms with Gasteiger partial charge in [-0.3, -0.25) is 0 Å². The van der Waals surface area contributed by atoms with E-state index in [9.17, 15) is 9.59 Å². The van der Waals surface area contributed by atoms with Gasteiger partial charge in [-0.25, -0.2) is 9.59 Å². The van der Waals surface area contributed by atoms with Crippen LogP contribution in [0.3, 0.4) is 0 Å². The van der Waals surface area contributed by atoms with Crippen LogP contribution in [0.25, 0.3) is 0 Å². The molecule has 1 saturated heterocycles. The molecule has 4 N–H and O–H groups in total. The van der Waals surface area contributed by atoms with Crippen LogP contribution in [-0.4, -0.2) is 53.1 Å². The molecular formula is C14H26N2O5. The fourth-order valence-electron chi connectivity index (χ4n) is 2.67. The van der Waals surface area contributed by atoms with Crippen LogP contribution in [0.4, 0.5) is 4.79 Å². The first kappa shape index (κ1) is 17.7. The molecule has 0 aromatic rings. The first-order valence-electron chi connectivity index (χ1n) is 7.51. The van der Waals surface area contributed by atoms with Crippen LogP contribution in [0.2, 0.25) is 0 Å². The van der Waals surface area contributed by atoms with Crippen molar-refractivity contribution in [2.24, 2.45) is 0 Å². The second-order valence-electron chi connectivity index (χ2n) is 5.45. The van der Waals surface area contributed by atoms with Crippen molar-refractivity contribution in [2.75, 3.05) is 13.2 Å². The summed E-state index contributed by atoms with van der Waals surface area (Å²) in [4.78, 5) is 22.8. The molecule has 2 amide bonds. The highest BCUT2D eigenvalue weighted by Gasteiger charge is 2.35. The molecule has 0 bridgehead atoms. The van der Waals surface area contributed by atoms with Crippen molar-refractivity contribution in [3.63, 3.8) is 0 Å². The predicted octanol–water partition coefficient (Wildman–Crippen LogP) is 0.859. The SMILES string of the molecule is CCC1(CC)CC(NC(=O)NC(CCO)C(=O)O)CCO1.